The zero-order valence-corrected chi connectivity index (χ0v) is 11.5. The van der Waals surface area contributed by atoms with Crippen molar-refractivity contribution in [2.75, 3.05) is 7.05 Å². The normalized spacial score (nSPS) is 12.8. The van der Waals surface area contributed by atoms with Crippen LogP contribution in [0.5, 0.6) is 0 Å². The Bertz CT molecular complexity index is 411. The van der Waals surface area contributed by atoms with Gasteiger partial charge in [-0.2, -0.15) is 0 Å². The van der Waals surface area contributed by atoms with Crippen molar-refractivity contribution >= 4 is 28.8 Å². The molecule has 0 spiro atoms. The van der Waals surface area contributed by atoms with E-state index < -0.39 is 0 Å². The number of hydrogen-bond donors (Lipinski definition) is 1. The quantitative estimate of drug-likeness (QED) is 0.837. The van der Waals surface area contributed by atoms with Crippen molar-refractivity contribution in [3.8, 4) is 0 Å². The second kappa shape index (κ2) is 6.28. The molecule has 2 N–H and O–H groups in total. The van der Waals surface area contributed by atoms with Crippen molar-refractivity contribution in [3.63, 3.8) is 0 Å². The third-order valence-corrected chi connectivity index (χ3v) is 3.20. The first kappa shape index (κ1) is 14.4. The van der Waals surface area contributed by atoms with E-state index in [-0.39, 0.29) is 11.9 Å². The Morgan fingerprint density at radius 3 is 2.76 bits per heavy atom. The van der Waals surface area contributed by atoms with Crippen molar-refractivity contribution in [2.24, 2.45) is 5.73 Å². The van der Waals surface area contributed by atoms with Gasteiger partial charge in [0.25, 0.3) is 0 Å². The summed E-state index contributed by atoms with van der Waals surface area (Å²) in [6.07, 6.45) is 0.657. The van der Waals surface area contributed by atoms with E-state index in [4.69, 9.17) is 29.6 Å². The van der Waals surface area contributed by atoms with Crippen LogP contribution in [0.4, 0.5) is 4.39 Å². The number of benzene rings is 1. The van der Waals surface area contributed by atoms with E-state index in [0.29, 0.717) is 23.0 Å². The molecular weight excluding hydrogens is 259 g/mol. The van der Waals surface area contributed by atoms with Gasteiger partial charge in [-0.15, -0.1) is 0 Å². The third-order valence-electron chi connectivity index (χ3n) is 2.68. The van der Waals surface area contributed by atoms with Crippen molar-refractivity contribution in [2.45, 2.75) is 25.9 Å². The van der Waals surface area contributed by atoms with Gasteiger partial charge in [0, 0.05) is 24.0 Å². The largest absolute Gasteiger partial charge is 0.393 e. The zero-order valence-electron chi connectivity index (χ0n) is 9.91. The molecular formula is C12H16ClFN2S. The van der Waals surface area contributed by atoms with E-state index in [1.165, 1.54) is 12.1 Å². The predicted molar refractivity (Wildman–Crippen MR) is 73.7 cm³/mol. The summed E-state index contributed by atoms with van der Waals surface area (Å²) in [5, 5.41) is 0.444. The lowest BCUT2D eigenvalue weighted by Crippen LogP contribution is -2.32. The summed E-state index contributed by atoms with van der Waals surface area (Å²) in [5.74, 6) is -0.322. The summed E-state index contributed by atoms with van der Waals surface area (Å²) in [5.41, 5.74) is 6.40. The molecule has 1 aromatic rings. The van der Waals surface area contributed by atoms with Crippen LogP contribution in [0.15, 0.2) is 18.2 Å². The summed E-state index contributed by atoms with van der Waals surface area (Å²) in [6, 6.07) is 4.66. The van der Waals surface area contributed by atoms with Crippen LogP contribution >= 0.6 is 23.8 Å². The molecule has 1 unspecified atom stereocenters. The number of thiocarbonyl (C=S) groups is 1. The fourth-order valence-electron chi connectivity index (χ4n) is 1.52. The number of hydrogen-bond acceptors (Lipinski definition) is 2. The average molecular weight is 275 g/mol. The fourth-order valence-corrected chi connectivity index (χ4v) is 1.99. The fraction of sp³-hybridized carbons (Fsp3) is 0.417. The molecule has 5 heteroatoms. The van der Waals surface area contributed by atoms with Gasteiger partial charge in [0.15, 0.2) is 0 Å². The number of rotatable bonds is 5. The first-order valence-electron chi connectivity index (χ1n) is 5.32. The summed E-state index contributed by atoms with van der Waals surface area (Å²) < 4.78 is 12.9. The van der Waals surface area contributed by atoms with Gasteiger partial charge in [-0.25, -0.2) is 4.39 Å². The second-order valence-corrected chi connectivity index (χ2v) is 5.10. The summed E-state index contributed by atoms with van der Waals surface area (Å²) in [4.78, 5) is 2.58. The Labute approximate surface area is 112 Å². The van der Waals surface area contributed by atoms with Crippen molar-refractivity contribution in [1.82, 2.24) is 4.90 Å². The molecule has 94 valence electrons. The van der Waals surface area contributed by atoms with Gasteiger partial charge in [0.05, 0.1) is 4.99 Å². The van der Waals surface area contributed by atoms with E-state index in [1.54, 1.807) is 6.07 Å². The maximum atomic E-state index is 12.9. The molecule has 1 atom stereocenters. The van der Waals surface area contributed by atoms with E-state index in [2.05, 4.69) is 4.90 Å². The van der Waals surface area contributed by atoms with Crippen LogP contribution in [0.2, 0.25) is 5.02 Å². The molecule has 0 aliphatic rings. The molecule has 0 bridgehead atoms. The van der Waals surface area contributed by atoms with Crippen molar-refractivity contribution < 1.29 is 4.39 Å². The Morgan fingerprint density at radius 2 is 2.24 bits per heavy atom. The van der Waals surface area contributed by atoms with Crippen LogP contribution in [0.3, 0.4) is 0 Å². The monoisotopic (exact) mass is 274 g/mol. The van der Waals surface area contributed by atoms with E-state index >= 15 is 0 Å². The minimum Gasteiger partial charge on any atom is -0.393 e. The Kier molecular flexibility index (Phi) is 5.31. The molecule has 2 nitrogen and oxygen atoms in total. The lowest BCUT2D eigenvalue weighted by molar-refractivity contribution is 0.255. The highest BCUT2D eigenvalue weighted by molar-refractivity contribution is 7.80. The second-order valence-electron chi connectivity index (χ2n) is 4.17. The number of nitrogens with two attached hydrogens (primary N) is 1. The predicted octanol–water partition coefficient (Wildman–Crippen LogP) is 2.98. The first-order chi connectivity index (χ1) is 7.90. The van der Waals surface area contributed by atoms with Crippen LogP contribution in [-0.4, -0.2) is 23.0 Å². The molecule has 1 rings (SSSR count). The lowest BCUT2D eigenvalue weighted by atomic mass is 10.1. The number of nitrogens with zero attached hydrogens (tertiary/aromatic N) is 1. The lowest BCUT2D eigenvalue weighted by Gasteiger charge is -2.24. The van der Waals surface area contributed by atoms with E-state index in [0.717, 1.165) is 5.56 Å². The summed E-state index contributed by atoms with van der Waals surface area (Å²) in [6.45, 7) is 2.68. The van der Waals surface area contributed by atoms with Crippen LogP contribution in [-0.2, 0) is 6.54 Å². The third kappa shape index (κ3) is 4.58. The molecule has 17 heavy (non-hydrogen) atoms. The summed E-state index contributed by atoms with van der Waals surface area (Å²) in [7, 11) is 1.96. The Balaban J connectivity index is 2.67. The minimum atomic E-state index is -0.322. The Morgan fingerprint density at radius 1 is 1.59 bits per heavy atom. The molecule has 0 saturated carbocycles. The van der Waals surface area contributed by atoms with Crippen LogP contribution in [0.1, 0.15) is 18.9 Å². The molecule has 0 radical (unpaired) electrons. The maximum absolute atomic E-state index is 12.9. The van der Waals surface area contributed by atoms with Crippen LogP contribution < -0.4 is 5.73 Å². The SMILES string of the molecule is CC(CC(N)=S)N(C)Cc1ccc(F)cc1Cl. The summed E-state index contributed by atoms with van der Waals surface area (Å²) >= 11 is 10.8. The molecule has 0 fully saturated rings. The molecule has 0 amide bonds. The standard InChI is InChI=1S/C12H16ClFN2S/c1-8(5-12(15)17)16(2)7-9-3-4-10(14)6-11(9)13/h3-4,6,8H,5,7H2,1-2H3,(H2,15,17). The molecule has 0 aliphatic carbocycles. The van der Waals surface area contributed by atoms with E-state index in [9.17, 15) is 4.39 Å². The highest BCUT2D eigenvalue weighted by Crippen LogP contribution is 2.19. The van der Waals surface area contributed by atoms with Crippen LogP contribution in [0, 0.1) is 5.82 Å². The van der Waals surface area contributed by atoms with Gasteiger partial charge >= 0.3 is 0 Å². The van der Waals surface area contributed by atoms with Gasteiger partial charge in [0.1, 0.15) is 5.82 Å². The minimum absolute atomic E-state index is 0.230. The maximum Gasteiger partial charge on any atom is 0.124 e. The number of halogens is 2. The van der Waals surface area contributed by atoms with Crippen LogP contribution in [0.25, 0.3) is 0 Å². The molecule has 0 aromatic heterocycles. The topological polar surface area (TPSA) is 29.3 Å². The molecule has 0 heterocycles. The molecule has 0 saturated heterocycles. The highest BCUT2D eigenvalue weighted by Gasteiger charge is 2.12. The smallest absolute Gasteiger partial charge is 0.124 e. The average Bonchev–Trinajstić information content (AvgIpc) is 2.21. The molecule has 1 aromatic carbocycles. The van der Waals surface area contributed by atoms with E-state index in [1.807, 2.05) is 14.0 Å². The Hall–Kier alpha value is -0.710. The zero-order chi connectivity index (χ0) is 13.0. The van der Waals surface area contributed by atoms with Gasteiger partial charge in [-0.1, -0.05) is 29.9 Å². The van der Waals surface area contributed by atoms with Gasteiger partial charge in [0.2, 0.25) is 0 Å². The van der Waals surface area contributed by atoms with Crippen molar-refractivity contribution in [3.05, 3.63) is 34.6 Å². The van der Waals surface area contributed by atoms with Gasteiger partial charge in [-0.3, -0.25) is 4.90 Å². The molecule has 0 aliphatic heterocycles. The van der Waals surface area contributed by atoms with Crippen molar-refractivity contribution in [1.29, 1.82) is 0 Å². The first-order valence-corrected chi connectivity index (χ1v) is 6.11. The highest BCUT2D eigenvalue weighted by atomic mass is 35.5. The van der Waals surface area contributed by atoms with Gasteiger partial charge < -0.3 is 5.73 Å². The van der Waals surface area contributed by atoms with Gasteiger partial charge in [-0.05, 0) is 31.7 Å².